The number of hydrogen-bond acceptors (Lipinski definition) is 5. The number of esters is 1. The lowest BCUT2D eigenvalue weighted by molar-refractivity contribution is -0.148. The zero-order valence-corrected chi connectivity index (χ0v) is 15.9. The SMILES string of the molecule is COCN(C(=O)OC(C)(C)C)[C@@H](Cc1c[nH]c2ccccc12)C(=O)OC. The van der Waals surface area contributed by atoms with Gasteiger partial charge in [-0.1, -0.05) is 18.2 Å². The Labute approximate surface area is 153 Å². The number of aromatic nitrogens is 1. The lowest BCUT2D eigenvalue weighted by Crippen LogP contribution is -2.49. The highest BCUT2D eigenvalue weighted by atomic mass is 16.6. The van der Waals surface area contributed by atoms with E-state index in [1.807, 2.05) is 30.5 Å². The Morgan fingerprint density at radius 3 is 2.50 bits per heavy atom. The number of hydrogen-bond donors (Lipinski definition) is 1. The molecule has 142 valence electrons. The molecule has 1 aromatic carbocycles. The first-order chi connectivity index (χ1) is 12.3. The van der Waals surface area contributed by atoms with Crippen LogP contribution in [0.2, 0.25) is 0 Å². The zero-order valence-electron chi connectivity index (χ0n) is 15.9. The number of methoxy groups -OCH3 is 2. The molecule has 0 saturated heterocycles. The number of rotatable bonds is 6. The number of aromatic amines is 1. The molecule has 7 nitrogen and oxygen atoms in total. The molecule has 26 heavy (non-hydrogen) atoms. The van der Waals surface area contributed by atoms with Gasteiger partial charge >= 0.3 is 12.1 Å². The molecule has 0 bridgehead atoms. The molecule has 1 amide bonds. The summed E-state index contributed by atoms with van der Waals surface area (Å²) in [5.74, 6) is -0.529. The zero-order chi connectivity index (χ0) is 19.3. The highest BCUT2D eigenvalue weighted by Gasteiger charge is 2.34. The minimum Gasteiger partial charge on any atom is -0.467 e. The fourth-order valence-electron chi connectivity index (χ4n) is 2.70. The van der Waals surface area contributed by atoms with E-state index in [9.17, 15) is 9.59 Å². The summed E-state index contributed by atoms with van der Waals surface area (Å²) in [7, 11) is 2.75. The predicted octanol–water partition coefficient (Wildman–Crippen LogP) is 3.09. The summed E-state index contributed by atoms with van der Waals surface area (Å²) < 4.78 is 15.5. The Balaban J connectivity index is 2.34. The highest BCUT2D eigenvalue weighted by Crippen LogP contribution is 2.22. The molecule has 1 heterocycles. The summed E-state index contributed by atoms with van der Waals surface area (Å²) in [5, 5.41) is 0.989. The highest BCUT2D eigenvalue weighted by molar-refractivity contribution is 5.86. The number of carbonyl (C=O) groups is 2. The number of nitrogens with one attached hydrogen (secondary N) is 1. The third kappa shape index (κ3) is 4.76. The van der Waals surface area contributed by atoms with Crippen molar-refractivity contribution in [3.63, 3.8) is 0 Å². The first-order valence-corrected chi connectivity index (χ1v) is 8.38. The van der Waals surface area contributed by atoms with Crippen LogP contribution in [0.15, 0.2) is 30.5 Å². The van der Waals surface area contributed by atoms with Crippen LogP contribution in [0.4, 0.5) is 4.79 Å². The van der Waals surface area contributed by atoms with Gasteiger partial charge in [0, 0.05) is 30.6 Å². The van der Waals surface area contributed by atoms with Crippen LogP contribution < -0.4 is 0 Å². The summed E-state index contributed by atoms with van der Waals surface area (Å²) >= 11 is 0. The summed E-state index contributed by atoms with van der Waals surface area (Å²) in [6.45, 7) is 5.21. The van der Waals surface area contributed by atoms with Crippen molar-refractivity contribution in [3.8, 4) is 0 Å². The molecular weight excluding hydrogens is 336 g/mol. The number of nitrogens with zero attached hydrogens (tertiary/aromatic N) is 1. The molecule has 1 atom stereocenters. The van der Waals surface area contributed by atoms with Gasteiger partial charge in [-0.25, -0.2) is 9.59 Å². The van der Waals surface area contributed by atoms with Crippen molar-refractivity contribution in [1.82, 2.24) is 9.88 Å². The molecule has 0 fully saturated rings. The van der Waals surface area contributed by atoms with Gasteiger partial charge in [0.25, 0.3) is 0 Å². The number of carbonyl (C=O) groups excluding carboxylic acids is 2. The van der Waals surface area contributed by atoms with E-state index in [1.165, 1.54) is 19.1 Å². The van der Waals surface area contributed by atoms with Crippen LogP contribution >= 0.6 is 0 Å². The maximum Gasteiger partial charge on any atom is 0.412 e. The smallest absolute Gasteiger partial charge is 0.412 e. The van der Waals surface area contributed by atoms with E-state index in [0.29, 0.717) is 0 Å². The van der Waals surface area contributed by atoms with Gasteiger partial charge in [0.05, 0.1) is 7.11 Å². The molecule has 0 aliphatic carbocycles. The van der Waals surface area contributed by atoms with E-state index in [0.717, 1.165) is 16.5 Å². The molecule has 1 aromatic heterocycles. The lowest BCUT2D eigenvalue weighted by Gasteiger charge is -2.31. The van der Waals surface area contributed by atoms with Crippen LogP contribution in [-0.4, -0.2) is 54.5 Å². The van der Waals surface area contributed by atoms with Gasteiger partial charge in [-0.2, -0.15) is 0 Å². The number of benzene rings is 1. The largest absolute Gasteiger partial charge is 0.467 e. The van der Waals surface area contributed by atoms with Crippen molar-refractivity contribution in [1.29, 1.82) is 0 Å². The van der Waals surface area contributed by atoms with Crippen LogP contribution in [0.3, 0.4) is 0 Å². The Hall–Kier alpha value is -2.54. The number of para-hydroxylation sites is 1. The molecule has 0 spiro atoms. The fraction of sp³-hybridized carbons (Fsp3) is 0.474. The van der Waals surface area contributed by atoms with Crippen molar-refractivity contribution in [2.75, 3.05) is 21.0 Å². The van der Waals surface area contributed by atoms with Crippen molar-refractivity contribution >= 4 is 23.0 Å². The molecule has 0 aliphatic rings. The van der Waals surface area contributed by atoms with E-state index in [2.05, 4.69) is 4.98 Å². The molecule has 2 aromatic rings. The second kappa shape index (κ2) is 8.23. The summed E-state index contributed by atoms with van der Waals surface area (Å²) in [6, 6.07) is 6.90. The van der Waals surface area contributed by atoms with Gasteiger partial charge in [0.2, 0.25) is 0 Å². The van der Waals surface area contributed by atoms with Crippen LogP contribution in [0.5, 0.6) is 0 Å². The summed E-state index contributed by atoms with van der Waals surface area (Å²) in [5.41, 5.74) is 1.17. The first kappa shape index (κ1) is 19.8. The number of H-pyrrole nitrogens is 1. The maximum atomic E-state index is 12.6. The summed E-state index contributed by atoms with van der Waals surface area (Å²) in [6.07, 6.45) is 1.48. The van der Waals surface area contributed by atoms with Gasteiger partial charge < -0.3 is 19.2 Å². The first-order valence-electron chi connectivity index (χ1n) is 8.38. The standard InChI is InChI=1S/C19H26N2O5/c1-19(2,3)26-18(23)21(12-24-4)16(17(22)25-5)10-13-11-20-15-9-7-6-8-14(13)15/h6-9,11,16,20H,10,12H2,1-5H3/t16-/m0/s1. The topological polar surface area (TPSA) is 80.9 Å². The van der Waals surface area contributed by atoms with Crippen molar-refractivity contribution in [2.45, 2.75) is 38.8 Å². The molecule has 1 N–H and O–H groups in total. The molecule has 0 unspecified atom stereocenters. The monoisotopic (exact) mass is 362 g/mol. The molecule has 2 rings (SSSR count). The van der Waals surface area contributed by atoms with Gasteiger partial charge in [0.15, 0.2) is 0 Å². The molecular formula is C19H26N2O5. The molecule has 7 heteroatoms. The van der Waals surface area contributed by atoms with Crippen molar-refractivity contribution in [2.24, 2.45) is 0 Å². The van der Waals surface area contributed by atoms with Crippen molar-refractivity contribution < 1.29 is 23.8 Å². The van der Waals surface area contributed by atoms with Crippen LogP contribution in [-0.2, 0) is 25.4 Å². The summed E-state index contributed by atoms with van der Waals surface area (Å²) in [4.78, 5) is 29.5. The molecule has 0 saturated carbocycles. The Morgan fingerprint density at radius 2 is 1.88 bits per heavy atom. The Bertz CT molecular complexity index is 763. The van der Waals surface area contributed by atoms with Crippen molar-refractivity contribution in [3.05, 3.63) is 36.0 Å². The Kier molecular flexibility index (Phi) is 6.26. The quantitative estimate of drug-likeness (QED) is 0.631. The maximum absolute atomic E-state index is 12.6. The van der Waals surface area contributed by atoms with Crippen LogP contribution in [0.1, 0.15) is 26.3 Å². The van der Waals surface area contributed by atoms with Gasteiger partial charge in [-0.3, -0.25) is 4.90 Å². The predicted molar refractivity (Wildman–Crippen MR) is 97.8 cm³/mol. The Morgan fingerprint density at radius 1 is 1.19 bits per heavy atom. The van der Waals surface area contributed by atoms with E-state index >= 15 is 0 Å². The third-order valence-corrected chi connectivity index (χ3v) is 3.83. The normalized spacial score (nSPS) is 12.7. The van der Waals surface area contributed by atoms with Gasteiger partial charge in [-0.15, -0.1) is 0 Å². The lowest BCUT2D eigenvalue weighted by atomic mass is 10.0. The third-order valence-electron chi connectivity index (χ3n) is 3.83. The second-order valence-electron chi connectivity index (χ2n) is 6.97. The number of ether oxygens (including phenoxy) is 3. The van der Waals surface area contributed by atoms with Crippen LogP contribution in [0.25, 0.3) is 10.9 Å². The molecule has 0 radical (unpaired) electrons. The minimum absolute atomic E-state index is 0.0863. The van der Waals surface area contributed by atoms with E-state index in [4.69, 9.17) is 14.2 Å². The van der Waals surface area contributed by atoms with Gasteiger partial charge in [-0.05, 0) is 32.4 Å². The minimum atomic E-state index is -0.867. The van der Waals surface area contributed by atoms with E-state index < -0.39 is 23.7 Å². The average Bonchev–Trinajstić information content (AvgIpc) is 2.99. The fourth-order valence-corrected chi connectivity index (χ4v) is 2.70. The van der Waals surface area contributed by atoms with E-state index in [-0.39, 0.29) is 13.2 Å². The van der Waals surface area contributed by atoms with E-state index in [1.54, 1.807) is 20.8 Å². The van der Waals surface area contributed by atoms with Gasteiger partial charge in [0.1, 0.15) is 18.4 Å². The van der Waals surface area contributed by atoms with Crippen LogP contribution in [0, 0.1) is 0 Å². The number of amides is 1. The number of fused-ring (bicyclic) bond motifs is 1. The molecule has 0 aliphatic heterocycles. The average molecular weight is 362 g/mol. The second-order valence-corrected chi connectivity index (χ2v) is 6.97.